The van der Waals surface area contributed by atoms with Crippen LogP contribution in [0.3, 0.4) is 0 Å². The van der Waals surface area contributed by atoms with Gasteiger partial charge in [0.05, 0.1) is 19.7 Å². The van der Waals surface area contributed by atoms with Crippen molar-refractivity contribution < 1.29 is 13.3 Å². The van der Waals surface area contributed by atoms with Gasteiger partial charge in [0.1, 0.15) is 11.0 Å². The van der Waals surface area contributed by atoms with Crippen LogP contribution in [0.4, 0.5) is 5.69 Å². The molecular formula is C19H10Cl2N4O4S2. The molecule has 0 unspecified atom stereocenters. The lowest BCUT2D eigenvalue weighted by Crippen LogP contribution is -2.04. The summed E-state index contributed by atoms with van der Waals surface area (Å²) in [6.07, 6.45) is 4.04. The van der Waals surface area contributed by atoms with Gasteiger partial charge in [-0.05, 0) is 53.7 Å². The Morgan fingerprint density at radius 2 is 1.87 bits per heavy atom. The number of aromatic nitrogens is 2. The number of nitro groups is 1. The zero-order valence-corrected chi connectivity index (χ0v) is 18.4. The molecule has 0 saturated carbocycles. The molecule has 156 valence electrons. The minimum atomic E-state index is -4.31. The Morgan fingerprint density at radius 1 is 1.16 bits per heavy atom. The summed E-state index contributed by atoms with van der Waals surface area (Å²) >= 11 is 12.8. The van der Waals surface area contributed by atoms with Crippen LogP contribution >= 0.6 is 35.0 Å². The Hall–Kier alpha value is -2.97. The van der Waals surface area contributed by atoms with E-state index >= 15 is 0 Å². The third-order valence-electron chi connectivity index (χ3n) is 3.80. The third kappa shape index (κ3) is 5.21. The molecule has 0 aliphatic heterocycles. The van der Waals surface area contributed by atoms with Crippen LogP contribution in [-0.2, 0) is 9.84 Å². The standard InChI is InChI=1S/C19H10Cl2N4O4S2/c20-13-3-4-15(21)18(10-13)31(28,29)14(11-22)8-12-2-5-17(16(9-12)25(26)27)30-19-23-6-1-7-24-19/h1-10H/b14-8-. The van der Waals surface area contributed by atoms with Gasteiger partial charge in [-0.1, -0.05) is 29.3 Å². The van der Waals surface area contributed by atoms with Crippen molar-refractivity contribution in [3.05, 3.63) is 85.5 Å². The Labute approximate surface area is 191 Å². The van der Waals surface area contributed by atoms with E-state index in [0.29, 0.717) is 5.16 Å². The number of nitrogens with zero attached hydrogens (tertiary/aromatic N) is 4. The van der Waals surface area contributed by atoms with Gasteiger partial charge in [-0.3, -0.25) is 10.1 Å². The van der Waals surface area contributed by atoms with Crippen LogP contribution in [0.15, 0.2) is 74.7 Å². The molecule has 3 rings (SSSR count). The van der Waals surface area contributed by atoms with Crippen LogP contribution in [0, 0.1) is 21.4 Å². The zero-order chi connectivity index (χ0) is 22.6. The van der Waals surface area contributed by atoms with Gasteiger partial charge in [0.25, 0.3) is 5.69 Å². The molecule has 0 radical (unpaired) electrons. The molecule has 1 aromatic heterocycles. The first-order valence-corrected chi connectivity index (χ1v) is 11.3. The van der Waals surface area contributed by atoms with Gasteiger partial charge in [-0.15, -0.1) is 0 Å². The predicted octanol–water partition coefficient (Wildman–Crippen LogP) is 5.18. The smallest absolute Gasteiger partial charge is 0.258 e. The number of rotatable bonds is 6. The van der Waals surface area contributed by atoms with Crippen molar-refractivity contribution in [2.75, 3.05) is 0 Å². The molecule has 0 aliphatic rings. The first-order valence-electron chi connectivity index (χ1n) is 8.27. The number of sulfone groups is 1. The summed E-state index contributed by atoms with van der Waals surface area (Å²) in [7, 11) is -4.31. The van der Waals surface area contributed by atoms with Gasteiger partial charge in [-0.25, -0.2) is 18.4 Å². The second kappa shape index (κ2) is 9.45. The number of allylic oxidation sites excluding steroid dienone is 1. The molecule has 2 aromatic carbocycles. The molecule has 0 saturated heterocycles. The van der Waals surface area contributed by atoms with Gasteiger partial charge in [0, 0.05) is 23.5 Å². The molecule has 0 fully saturated rings. The highest BCUT2D eigenvalue weighted by molar-refractivity contribution is 7.99. The van der Waals surface area contributed by atoms with Gasteiger partial charge in [0.15, 0.2) is 5.16 Å². The molecule has 8 nitrogen and oxygen atoms in total. The molecule has 3 aromatic rings. The highest BCUT2D eigenvalue weighted by Gasteiger charge is 2.25. The van der Waals surface area contributed by atoms with Gasteiger partial charge in [0.2, 0.25) is 9.84 Å². The first kappa shape index (κ1) is 22.7. The SMILES string of the molecule is N#C/C(=C/c1ccc(Sc2ncccn2)c([N+](=O)[O-])c1)S(=O)(=O)c1cc(Cl)ccc1Cl. The molecule has 12 heteroatoms. The number of hydrogen-bond acceptors (Lipinski definition) is 8. The fourth-order valence-electron chi connectivity index (χ4n) is 2.41. The number of benzene rings is 2. The van der Waals surface area contributed by atoms with E-state index in [2.05, 4.69) is 9.97 Å². The molecule has 0 amide bonds. The van der Waals surface area contributed by atoms with E-state index in [9.17, 15) is 23.8 Å². The molecular weight excluding hydrogens is 483 g/mol. The summed E-state index contributed by atoms with van der Waals surface area (Å²) in [5.41, 5.74) is -0.148. The largest absolute Gasteiger partial charge is 0.283 e. The monoisotopic (exact) mass is 492 g/mol. The summed E-state index contributed by atoms with van der Waals surface area (Å²) in [4.78, 5) is 18.2. The van der Waals surface area contributed by atoms with E-state index in [-0.39, 0.29) is 31.1 Å². The minimum absolute atomic E-state index is 0.105. The van der Waals surface area contributed by atoms with E-state index in [4.69, 9.17) is 23.2 Å². The highest BCUT2D eigenvalue weighted by atomic mass is 35.5. The molecule has 0 atom stereocenters. The summed E-state index contributed by atoms with van der Waals surface area (Å²) in [6.45, 7) is 0. The molecule has 0 spiro atoms. The predicted molar refractivity (Wildman–Crippen MR) is 116 cm³/mol. The Balaban J connectivity index is 2.05. The second-order valence-electron chi connectivity index (χ2n) is 5.82. The maximum absolute atomic E-state index is 12.9. The minimum Gasteiger partial charge on any atom is -0.258 e. The third-order valence-corrected chi connectivity index (χ3v) is 7.14. The lowest BCUT2D eigenvalue weighted by molar-refractivity contribution is -0.387. The van der Waals surface area contributed by atoms with E-state index in [0.717, 1.165) is 30.0 Å². The molecule has 0 aliphatic carbocycles. The summed E-state index contributed by atoms with van der Waals surface area (Å²) in [5, 5.41) is 21.3. The van der Waals surface area contributed by atoms with Crippen molar-refractivity contribution in [2.45, 2.75) is 14.9 Å². The van der Waals surface area contributed by atoms with E-state index in [1.165, 1.54) is 36.7 Å². The Bertz CT molecular complexity index is 1340. The Morgan fingerprint density at radius 3 is 2.52 bits per heavy atom. The quantitative estimate of drug-likeness (QED) is 0.199. The van der Waals surface area contributed by atoms with Crippen LogP contribution in [0.25, 0.3) is 6.08 Å². The summed E-state index contributed by atoms with van der Waals surface area (Å²) < 4.78 is 25.8. The molecule has 1 heterocycles. The van der Waals surface area contributed by atoms with Crippen LogP contribution < -0.4 is 0 Å². The second-order valence-corrected chi connectivity index (χ2v) is 9.56. The number of halogens is 2. The van der Waals surface area contributed by atoms with Gasteiger partial charge >= 0.3 is 0 Å². The topological polar surface area (TPSA) is 127 Å². The fourth-order valence-corrected chi connectivity index (χ4v) is 5.12. The summed E-state index contributed by atoms with van der Waals surface area (Å²) in [5.74, 6) is 0. The average Bonchev–Trinajstić information content (AvgIpc) is 2.75. The van der Waals surface area contributed by atoms with Crippen molar-refractivity contribution in [3.63, 3.8) is 0 Å². The van der Waals surface area contributed by atoms with Crippen molar-refractivity contribution in [1.82, 2.24) is 9.97 Å². The van der Waals surface area contributed by atoms with Crippen LogP contribution in [0.2, 0.25) is 10.0 Å². The lowest BCUT2D eigenvalue weighted by atomic mass is 10.2. The number of nitro benzene ring substituents is 1. The van der Waals surface area contributed by atoms with Crippen molar-refractivity contribution >= 4 is 56.6 Å². The average molecular weight is 493 g/mol. The van der Waals surface area contributed by atoms with Crippen LogP contribution in [0.1, 0.15) is 5.56 Å². The normalized spacial score (nSPS) is 11.7. The highest BCUT2D eigenvalue weighted by Crippen LogP contribution is 2.35. The number of hydrogen-bond donors (Lipinski definition) is 0. The lowest BCUT2D eigenvalue weighted by Gasteiger charge is -2.07. The zero-order valence-electron chi connectivity index (χ0n) is 15.3. The number of nitriles is 1. The maximum atomic E-state index is 12.9. The summed E-state index contributed by atoms with van der Waals surface area (Å²) in [6, 6.07) is 11.1. The first-order chi connectivity index (χ1) is 14.7. The fraction of sp³-hybridized carbons (Fsp3) is 0. The Kier molecular flexibility index (Phi) is 6.92. The van der Waals surface area contributed by atoms with Gasteiger partial charge < -0.3 is 0 Å². The van der Waals surface area contributed by atoms with Crippen LogP contribution in [-0.4, -0.2) is 23.3 Å². The van der Waals surface area contributed by atoms with Gasteiger partial charge in [-0.2, -0.15) is 5.26 Å². The maximum Gasteiger partial charge on any atom is 0.283 e. The van der Waals surface area contributed by atoms with E-state index in [1.54, 1.807) is 12.1 Å². The van der Waals surface area contributed by atoms with E-state index in [1.807, 2.05) is 0 Å². The van der Waals surface area contributed by atoms with Crippen molar-refractivity contribution in [3.8, 4) is 6.07 Å². The molecule has 0 N–H and O–H groups in total. The van der Waals surface area contributed by atoms with Crippen LogP contribution in [0.5, 0.6) is 0 Å². The van der Waals surface area contributed by atoms with Crippen molar-refractivity contribution in [2.24, 2.45) is 0 Å². The molecule has 0 bridgehead atoms. The van der Waals surface area contributed by atoms with Crippen molar-refractivity contribution in [1.29, 1.82) is 5.26 Å². The molecule has 31 heavy (non-hydrogen) atoms. The van der Waals surface area contributed by atoms with E-state index < -0.39 is 19.7 Å².